The van der Waals surface area contributed by atoms with Crippen LogP contribution in [0.3, 0.4) is 0 Å². The molecular weight excluding hydrogens is 324 g/mol. The van der Waals surface area contributed by atoms with Gasteiger partial charge in [-0.25, -0.2) is 0 Å². The van der Waals surface area contributed by atoms with Crippen LogP contribution in [0.2, 0.25) is 0 Å². The van der Waals surface area contributed by atoms with Crippen molar-refractivity contribution in [2.24, 2.45) is 0 Å². The van der Waals surface area contributed by atoms with E-state index in [0.717, 1.165) is 24.3 Å². The summed E-state index contributed by atoms with van der Waals surface area (Å²) >= 11 is 1.34. The Balaban J connectivity index is 1.66. The van der Waals surface area contributed by atoms with E-state index >= 15 is 0 Å². The summed E-state index contributed by atoms with van der Waals surface area (Å²) in [4.78, 5) is 24.4. The van der Waals surface area contributed by atoms with Gasteiger partial charge in [-0.15, -0.1) is 10.2 Å². The maximum Gasteiger partial charge on any atom is 0.286 e. The molecule has 7 heteroatoms. The maximum absolute atomic E-state index is 12.3. The molecule has 0 radical (unpaired) electrons. The summed E-state index contributed by atoms with van der Waals surface area (Å²) in [5.74, 6) is 0.0443. The molecule has 0 bridgehead atoms. The van der Waals surface area contributed by atoms with Crippen LogP contribution in [0.4, 0.5) is 5.69 Å². The van der Waals surface area contributed by atoms with Gasteiger partial charge in [0.15, 0.2) is 0 Å². The molecule has 0 saturated heterocycles. The van der Waals surface area contributed by atoms with Crippen LogP contribution in [0.25, 0.3) is 0 Å². The van der Waals surface area contributed by atoms with Crippen molar-refractivity contribution < 1.29 is 9.59 Å². The summed E-state index contributed by atoms with van der Waals surface area (Å²) < 4.78 is 0. The van der Waals surface area contributed by atoms with Gasteiger partial charge in [0.05, 0.1) is 0 Å². The van der Waals surface area contributed by atoms with Crippen LogP contribution in [0.5, 0.6) is 0 Å². The predicted molar refractivity (Wildman–Crippen MR) is 93.5 cm³/mol. The van der Waals surface area contributed by atoms with Crippen LogP contribution in [0, 0.1) is 0 Å². The lowest BCUT2D eigenvalue weighted by Crippen LogP contribution is -2.31. The molecule has 1 fully saturated rings. The molecule has 24 heavy (non-hydrogen) atoms. The van der Waals surface area contributed by atoms with Crippen LogP contribution >= 0.6 is 11.3 Å². The highest BCUT2D eigenvalue weighted by Crippen LogP contribution is 2.41. The van der Waals surface area contributed by atoms with E-state index in [1.165, 1.54) is 11.3 Å². The van der Waals surface area contributed by atoms with E-state index in [0.29, 0.717) is 22.2 Å². The van der Waals surface area contributed by atoms with Crippen LogP contribution in [-0.2, 0) is 0 Å². The monoisotopic (exact) mass is 344 g/mol. The number of benzene rings is 1. The molecular formula is C17H20N4O2S. The molecule has 0 aliphatic heterocycles. The molecule has 2 aromatic rings. The maximum atomic E-state index is 12.3. The fourth-order valence-electron chi connectivity index (χ4n) is 2.15. The third kappa shape index (κ3) is 3.97. The summed E-state index contributed by atoms with van der Waals surface area (Å²) in [6.07, 6.45) is 3.12. The van der Waals surface area contributed by atoms with E-state index in [1.807, 2.05) is 13.8 Å². The van der Waals surface area contributed by atoms with Gasteiger partial charge in [0.25, 0.3) is 11.8 Å². The second-order valence-electron chi connectivity index (χ2n) is 6.04. The SMILES string of the molecule is CCC(C)NC(=O)c1cccc(NC(=O)c2nnc(C3CC3)s2)c1. The van der Waals surface area contributed by atoms with Crippen molar-refractivity contribution in [1.82, 2.24) is 15.5 Å². The number of carbonyl (C=O) groups is 2. The Morgan fingerprint density at radius 2 is 2.08 bits per heavy atom. The zero-order valence-corrected chi connectivity index (χ0v) is 14.5. The summed E-state index contributed by atoms with van der Waals surface area (Å²) in [7, 11) is 0. The van der Waals surface area contributed by atoms with E-state index in [-0.39, 0.29) is 17.9 Å². The lowest BCUT2D eigenvalue weighted by atomic mass is 10.1. The number of hydrogen-bond donors (Lipinski definition) is 2. The minimum Gasteiger partial charge on any atom is -0.350 e. The number of rotatable bonds is 6. The summed E-state index contributed by atoms with van der Waals surface area (Å²) in [6, 6.07) is 7.00. The number of anilines is 1. The first-order valence-electron chi connectivity index (χ1n) is 8.12. The average molecular weight is 344 g/mol. The second-order valence-corrected chi connectivity index (χ2v) is 7.05. The average Bonchev–Trinajstić information content (AvgIpc) is 3.31. The van der Waals surface area contributed by atoms with Gasteiger partial charge in [-0.05, 0) is 44.4 Å². The highest BCUT2D eigenvalue weighted by atomic mass is 32.1. The Morgan fingerprint density at radius 3 is 2.79 bits per heavy atom. The number of nitrogens with zero attached hydrogens (tertiary/aromatic N) is 2. The van der Waals surface area contributed by atoms with Crippen molar-refractivity contribution in [3.05, 3.63) is 39.8 Å². The lowest BCUT2D eigenvalue weighted by Gasteiger charge is -2.12. The molecule has 1 aliphatic rings. The molecule has 1 aliphatic carbocycles. The fourth-order valence-corrected chi connectivity index (χ4v) is 3.06. The van der Waals surface area contributed by atoms with Crippen LogP contribution in [-0.4, -0.2) is 28.1 Å². The molecule has 2 amide bonds. The molecule has 1 unspecified atom stereocenters. The van der Waals surface area contributed by atoms with Gasteiger partial charge in [-0.2, -0.15) is 0 Å². The molecule has 1 atom stereocenters. The summed E-state index contributed by atoms with van der Waals surface area (Å²) in [6.45, 7) is 3.97. The minimum atomic E-state index is -0.293. The minimum absolute atomic E-state index is 0.109. The van der Waals surface area contributed by atoms with Gasteiger partial charge in [-0.3, -0.25) is 9.59 Å². The molecule has 1 heterocycles. The van der Waals surface area contributed by atoms with Crippen molar-refractivity contribution >= 4 is 28.8 Å². The first kappa shape index (κ1) is 16.6. The van der Waals surface area contributed by atoms with Gasteiger partial charge in [-0.1, -0.05) is 24.3 Å². The highest BCUT2D eigenvalue weighted by Gasteiger charge is 2.28. The lowest BCUT2D eigenvalue weighted by molar-refractivity contribution is 0.0938. The van der Waals surface area contributed by atoms with Crippen molar-refractivity contribution in [3.63, 3.8) is 0 Å². The number of hydrogen-bond acceptors (Lipinski definition) is 5. The van der Waals surface area contributed by atoms with Crippen LogP contribution < -0.4 is 10.6 Å². The normalized spacial score (nSPS) is 14.9. The van der Waals surface area contributed by atoms with Gasteiger partial charge < -0.3 is 10.6 Å². The third-order valence-corrected chi connectivity index (χ3v) is 5.02. The van der Waals surface area contributed by atoms with Gasteiger partial charge >= 0.3 is 0 Å². The number of amides is 2. The summed E-state index contributed by atoms with van der Waals surface area (Å²) in [5, 5.41) is 15.0. The Morgan fingerprint density at radius 1 is 1.29 bits per heavy atom. The number of aromatic nitrogens is 2. The smallest absolute Gasteiger partial charge is 0.286 e. The van der Waals surface area contributed by atoms with Crippen LogP contribution in [0.1, 0.15) is 64.2 Å². The van der Waals surface area contributed by atoms with Gasteiger partial charge in [0, 0.05) is 23.2 Å². The van der Waals surface area contributed by atoms with Gasteiger partial charge in [0.2, 0.25) is 5.01 Å². The fraction of sp³-hybridized carbons (Fsp3) is 0.412. The topological polar surface area (TPSA) is 84.0 Å². The largest absolute Gasteiger partial charge is 0.350 e. The quantitative estimate of drug-likeness (QED) is 0.843. The van der Waals surface area contributed by atoms with Gasteiger partial charge in [0.1, 0.15) is 5.01 Å². The Hall–Kier alpha value is -2.28. The van der Waals surface area contributed by atoms with Crippen molar-refractivity contribution in [1.29, 1.82) is 0 Å². The highest BCUT2D eigenvalue weighted by molar-refractivity contribution is 7.13. The van der Waals surface area contributed by atoms with Crippen LogP contribution in [0.15, 0.2) is 24.3 Å². The molecule has 2 N–H and O–H groups in total. The first-order chi connectivity index (χ1) is 11.6. The molecule has 3 rings (SSSR count). The van der Waals surface area contributed by atoms with E-state index in [9.17, 15) is 9.59 Å². The Bertz CT molecular complexity index is 755. The molecule has 6 nitrogen and oxygen atoms in total. The van der Waals surface area contributed by atoms with E-state index in [2.05, 4.69) is 20.8 Å². The van der Waals surface area contributed by atoms with Crippen molar-refractivity contribution in [3.8, 4) is 0 Å². The molecule has 1 saturated carbocycles. The molecule has 1 aromatic carbocycles. The predicted octanol–water partition coefficient (Wildman–Crippen LogP) is 3.20. The standard InChI is InChI=1S/C17H20N4O2S/c1-3-10(2)18-14(22)12-5-4-6-13(9-12)19-15(23)17-21-20-16(24-17)11-7-8-11/h4-6,9-11H,3,7-8H2,1-2H3,(H,18,22)(H,19,23). The second kappa shape index (κ2) is 7.09. The first-order valence-corrected chi connectivity index (χ1v) is 8.94. The Kier molecular flexibility index (Phi) is 4.89. The number of carbonyl (C=O) groups excluding carboxylic acids is 2. The molecule has 1 aromatic heterocycles. The Labute approximate surface area is 144 Å². The van der Waals surface area contributed by atoms with Crippen molar-refractivity contribution in [2.75, 3.05) is 5.32 Å². The van der Waals surface area contributed by atoms with E-state index in [1.54, 1.807) is 24.3 Å². The summed E-state index contributed by atoms with van der Waals surface area (Å²) in [5.41, 5.74) is 1.09. The molecule has 126 valence electrons. The van der Waals surface area contributed by atoms with E-state index in [4.69, 9.17) is 0 Å². The zero-order chi connectivity index (χ0) is 17.1. The van der Waals surface area contributed by atoms with E-state index < -0.39 is 0 Å². The number of nitrogens with one attached hydrogen (secondary N) is 2. The van der Waals surface area contributed by atoms with Crippen molar-refractivity contribution in [2.45, 2.75) is 45.1 Å². The molecule has 0 spiro atoms. The zero-order valence-electron chi connectivity index (χ0n) is 13.7. The third-order valence-electron chi connectivity index (χ3n) is 3.93.